The fraction of sp³-hybridized carbons (Fsp3) is 0.294. The Kier molecular flexibility index (Phi) is 4.78. The molecule has 3 N–H and O–H groups in total. The van der Waals surface area contributed by atoms with E-state index in [0.717, 1.165) is 23.6 Å². The van der Waals surface area contributed by atoms with Crippen LogP contribution in [0.5, 0.6) is 5.75 Å². The summed E-state index contributed by atoms with van der Waals surface area (Å²) in [6.45, 7) is 4.18. The van der Waals surface area contributed by atoms with Crippen molar-refractivity contribution in [1.29, 1.82) is 0 Å². The number of rotatable bonds is 6. The molecule has 1 aromatic carbocycles. The monoisotopic (exact) mass is 340 g/mol. The molecular formula is C17H20N6O2. The van der Waals surface area contributed by atoms with Crippen molar-refractivity contribution in [1.82, 2.24) is 25.4 Å². The van der Waals surface area contributed by atoms with Crippen LogP contribution in [0.25, 0.3) is 11.3 Å². The fourth-order valence-corrected chi connectivity index (χ4v) is 2.37. The van der Waals surface area contributed by atoms with Gasteiger partial charge in [0.1, 0.15) is 17.3 Å². The van der Waals surface area contributed by atoms with Gasteiger partial charge in [-0.1, -0.05) is 26.0 Å². The highest BCUT2D eigenvalue weighted by Gasteiger charge is 2.14. The number of hydrogen-bond acceptors (Lipinski definition) is 5. The molecule has 0 saturated heterocycles. The van der Waals surface area contributed by atoms with E-state index in [0.29, 0.717) is 17.3 Å². The Morgan fingerprint density at radius 2 is 2.08 bits per heavy atom. The highest BCUT2D eigenvalue weighted by molar-refractivity contribution is 6.02. The quantitative estimate of drug-likeness (QED) is 0.639. The Labute approximate surface area is 145 Å². The topological polar surface area (TPSA) is 109 Å². The molecule has 3 aromatic rings. The SMILES string of the molecule is COc1cccc(-c2cc(C(=O)Nc3n[nH]c(CC(C)C)n3)[nH]n2)c1. The van der Waals surface area contributed by atoms with Crippen molar-refractivity contribution in [3.63, 3.8) is 0 Å². The average Bonchev–Trinajstić information content (AvgIpc) is 3.24. The van der Waals surface area contributed by atoms with Crippen molar-refractivity contribution in [2.75, 3.05) is 12.4 Å². The summed E-state index contributed by atoms with van der Waals surface area (Å²) >= 11 is 0. The molecule has 8 nitrogen and oxygen atoms in total. The summed E-state index contributed by atoms with van der Waals surface area (Å²) in [4.78, 5) is 16.6. The van der Waals surface area contributed by atoms with Crippen molar-refractivity contribution in [2.45, 2.75) is 20.3 Å². The number of benzene rings is 1. The highest BCUT2D eigenvalue weighted by atomic mass is 16.5. The van der Waals surface area contributed by atoms with E-state index in [1.165, 1.54) is 0 Å². The van der Waals surface area contributed by atoms with Crippen molar-refractivity contribution in [3.05, 3.63) is 41.9 Å². The zero-order valence-electron chi connectivity index (χ0n) is 14.3. The second kappa shape index (κ2) is 7.16. The zero-order valence-corrected chi connectivity index (χ0v) is 14.3. The molecule has 2 heterocycles. The van der Waals surface area contributed by atoms with E-state index in [4.69, 9.17) is 4.74 Å². The molecule has 25 heavy (non-hydrogen) atoms. The summed E-state index contributed by atoms with van der Waals surface area (Å²) in [7, 11) is 1.60. The molecule has 0 aliphatic rings. The second-order valence-corrected chi connectivity index (χ2v) is 6.06. The number of carbonyl (C=O) groups excluding carboxylic acids is 1. The minimum atomic E-state index is -0.350. The van der Waals surface area contributed by atoms with Gasteiger partial charge in [-0.05, 0) is 24.1 Å². The number of methoxy groups -OCH3 is 1. The van der Waals surface area contributed by atoms with Crippen LogP contribution in [0.2, 0.25) is 0 Å². The number of amides is 1. The zero-order chi connectivity index (χ0) is 17.8. The van der Waals surface area contributed by atoms with Crippen molar-refractivity contribution >= 4 is 11.9 Å². The van der Waals surface area contributed by atoms with E-state index in [9.17, 15) is 4.79 Å². The van der Waals surface area contributed by atoms with Crippen LogP contribution in [0.1, 0.15) is 30.2 Å². The molecule has 0 fully saturated rings. The van der Waals surface area contributed by atoms with Crippen LogP contribution >= 0.6 is 0 Å². The van der Waals surface area contributed by atoms with Gasteiger partial charge in [0, 0.05) is 12.0 Å². The minimum Gasteiger partial charge on any atom is -0.497 e. The maximum Gasteiger partial charge on any atom is 0.276 e. The normalized spacial score (nSPS) is 10.9. The van der Waals surface area contributed by atoms with E-state index in [2.05, 4.69) is 44.5 Å². The number of aromatic amines is 2. The van der Waals surface area contributed by atoms with E-state index in [1.807, 2.05) is 24.3 Å². The number of aromatic nitrogens is 5. The fourth-order valence-electron chi connectivity index (χ4n) is 2.37. The molecule has 0 spiro atoms. The average molecular weight is 340 g/mol. The summed E-state index contributed by atoms with van der Waals surface area (Å²) in [6, 6.07) is 9.14. The van der Waals surface area contributed by atoms with E-state index in [-0.39, 0.29) is 11.9 Å². The second-order valence-electron chi connectivity index (χ2n) is 6.06. The van der Waals surface area contributed by atoms with Gasteiger partial charge in [0.2, 0.25) is 5.95 Å². The number of ether oxygens (including phenoxy) is 1. The first kappa shape index (κ1) is 16.7. The van der Waals surface area contributed by atoms with Gasteiger partial charge in [0.05, 0.1) is 12.8 Å². The standard InChI is InChI=1S/C17H20N6O2/c1-10(2)7-15-18-17(23-22-15)19-16(24)14-9-13(20-21-14)11-5-4-6-12(8-11)25-3/h4-6,8-10H,7H2,1-3H3,(H,20,21)(H2,18,19,22,23,24). The summed E-state index contributed by atoms with van der Waals surface area (Å²) in [5.74, 6) is 1.82. The third kappa shape index (κ3) is 4.03. The van der Waals surface area contributed by atoms with Crippen LogP contribution in [-0.4, -0.2) is 38.4 Å². The Morgan fingerprint density at radius 1 is 1.24 bits per heavy atom. The summed E-state index contributed by atoms with van der Waals surface area (Å²) in [5, 5.41) is 16.4. The molecule has 2 aromatic heterocycles. The number of nitrogens with zero attached hydrogens (tertiary/aromatic N) is 3. The molecule has 0 aliphatic heterocycles. The van der Waals surface area contributed by atoms with Crippen molar-refractivity contribution in [2.24, 2.45) is 5.92 Å². The first-order chi connectivity index (χ1) is 12.0. The van der Waals surface area contributed by atoms with Gasteiger partial charge in [0.15, 0.2) is 0 Å². The molecule has 0 bridgehead atoms. The number of nitrogens with one attached hydrogen (secondary N) is 3. The Bertz CT molecular complexity index is 867. The predicted octanol–water partition coefficient (Wildman–Crippen LogP) is 2.65. The Morgan fingerprint density at radius 3 is 2.84 bits per heavy atom. The third-order valence-electron chi connectivity index (χ3n) is 3.55. The predicted molar refractivity (Wildman–Crippen MR) is 93.5 cm³/mol. The minimum absolute atomic E-state index is 0.248. The molecule has 8 heteroatoms. The molecular weight excluding hydrogens is 320 g/mol. The lowest BCUT2D eigenvalue weighted by atomic mass is 10.1. The Hall–Kier alpha value is -3.16. The maximum absolute atomic E-state index is 12.3. The molecule has 1 amide bonds. The van der Waals surface area contributed by atoms with Crippen molar-refractivity contribution < 1.29 is 9.53 Å². The first-order valence-electron chi connectivity index (χ1n) is 7.97. The molecule has 0 radical (unpaired) electrons. The molecule has 0 aliphatic carbocycles. The van der Waals surface area contributed by atoms with Gasteiger partial charge < -0.3 is 4.74 Å². The number of carbonyl (C=O) groups is 1. The van der Waals surface area contributed by atoms with E-state index < -0.39 is 0 Å². The van der Waals surface area contributed by atoms with Gasteiger partial charge in [-0.3, -0.25) is 20.3 Å². The highest BCUT2D eigenvalue weighted by Crippen LogP contribution is 2.22. The molecule has 3 rings (SSSR count). The van der Waals surface area contributed by atoms with Crippen LogP contribution in [0.15, 0.2) is 30.3 Å². The van der Waals surface area contributed by atoms with Gasteiger partial charge in [-0.25, -0.2) is 0 Å². The summed E-state index contributed by atoms with van der Waals surface area (Å²) < 4.78 is 5.20. The van der Waals surface area contributed by atoms with Gasteiger partial charge in [-0.2, -0.15) is 10.1 Å². The largest absolute Gasteiger partial charge is 0.497 e. The van der Waals surface area contributed by atoms with E-state index >= 15 is 0 Å². The molecule has 0 saturated carbocycles. The number of hydrogen-bond donors (Lipinski definition) is 3. The van der Waals surface area contributed by atoms with Crippen molar-refractivity contribution in [3.8, 4) is 17.0 Å². The van der Waals surface area contributed by atoms with Gasteiger partial charge in [-0.15, -0.1) is 5.10 Å². The van der Waals surface area contributed by atoms with Crippen LogP contribution < -0.4 is 10.1 Å². The lowest BCUT2D eigenvalue weighted by molar-refractivity contribution is 0.102. The third-order valence-corrected chi connectivity index (χ3v) is 3.55. The van der Waals surface area contributed by atoms with Crippen LogP contribution in [0, 0.1) is 5.92 Å². The van der Waals surface area contributed by atoms with Crippen LogP contribution in [0.3, 0.4) is 0 Å². The number of H-pyrrole nitrogens is 2. The number of anilines is 1. The lowest BCUT2D eigenvalue weighted by Gasteiger charge is -2.01. The van der Waals surface area contributed by atoms with E-state index in [1.54, 1.807) is 13.2 Å². The summed E-state index contributed by atoms with van der Waals surface area (Å²) in [5.41, 5.74) is 1.83. The summed E-state index contributed by atoms with van der Waals surface area (Å²) in [6.07, 6.45) is 0.771. The maximum atomic E-state index is 12.3. The van der Waals surface area contributed by atoms with Gasteiger partial charge in [0.25, 0.3) is 5.91 Å². The Balaban J connectivity index is 1.71. The molecule has 130 valence electrons. The lowest BCUT2D eigenvalue weighted by Crippen LogP contribution is -2.13. The molecule has 0 unspecified atom stereocenters. The smallest absolute Gasteiger partial charge is 0.276 e. The van der Waals surface area contributed by atoms with Crippen LogP contribution in [-0.2, 0) is 6.42 Å². The molecule has 0 atom stereocenters. The first-order valence-corrected chi connectivity index (χ1v) is 7.97. The van der Waals surface area contributed by atoms with Gasteiger partial charge >= 0.3 is 0 Å². The van der Waals surface area contributed by atoms with Crippen LogP contribution in [0.4, 0.5) is 5.95 Å².